The van der Waals surface area contributed by atoms with Gasteiger partial charge in [0.15, 0.2) is 5.17 Å². The van der Waals surface area contributed by atoms with Gasteiger partial charge < -0.3 is 16.2 Å². The Morgan fingerprint density at radius 3 is 2.35 bits per heavy atom. The molecule has 0 spiro atoms. The number of carboxylic acid groups (broad SMARTS) is 1. The van der Waals surface area contributed by atoms with E-state index >= 15 is 0 Å². The molecule has 0 bridgehead atoms. The lowest BCUT2D eigenvalue weighted by atomic mass is 10.0. The molecule has 0 radical (unpaired) electrons. The number of amidine groups is 1. The first kappa shape index (κ1) is 16.1. The molecule has 0 saturated heterocycles. The van der Waals surface area contributed by atoms with Crippen molar-refractivity contribution in [2.75, 3.05) is 7.05 Å². The van der Waals surface area contributed by atoms with Crippen molar-refractivity contribution < 1.29 is 14.7 Å². The molecule has 0 rings (SSSR count). The SMILES string of the molecule is CN=C(N)SSC(C)(C)[C@H](NC(C)=O)C(=O)O. The standard InChI is InChI=1S/C9H17N3O3S2/c1-5(13)12-6(7(14)15)9(2,3)17-16-8(10)11-4/h6H,1-4H3,(H2,10,11)(H,12,13)(H,14,15)/t6-/m1/s1. The van der Waals surface area contributed by atoms with Crippen molar-refractivity contribution in [3.63, 3.8) is 0 Å². The van der Waals surface area contributed by atoms with E-state index in [-0.39, 0.29) is 5.91 Å². The van der Waals surface area contributed by atoms with Crippen molar-refractivity contribution in [3.8, 4) is 0 Å². The third-order valence-corrected chi connectivity index (χ3v) is 5.00. The highest BCUT2D eigenvalue weighted by Crippen LogP contribution is 2.38. The molecule has 4 N–H and O–H groups in total. The van der Waals surface area contributed by atoms with E-state index in [4.69, 9.17) is 10.8 Å². The number of carbonyl (C=O) groups excluding carboxylic acids is 1. The van der Waals surface area contributed by atoms with Crippen LogP contribution < -0.4 is 11.1 Å². The van der Waals surface area contributed by atoms with Crippen LogP contribution in [0.4, 0.5) is 0 Å². The van der Waals surface area contributed by atoms with E-state index in [0.717, 1.165) is 0 Å². The Labute approximate surface area is 108 Å². The summed E-state index contributed by atoms with van der Waals surface area (Å²) in [5.41, 5.74) is 5.52. The molecule has 0 fully saturated rings. The fourth-order valence-corrected chi connectivity index (χ4v) is 3.02. The fourth-order valence-electron chi connectivity index (χ4n) is 0.972. The predicted octanol–water partition coefficient (Wildman–Crippen LogP) is 0.680. The molecule has 0 unspecified atom stereocenters. The van der Waals surface area contributed by atoms with Crippen LogP contribution in [0.2, 0.25) is 0 Å². The molecule has 0 aliphatic heterocycles. The lowest BCUT2D eigenvalue weighted by Crippen LogP contribution is -2.51. The Balaban J connectivity index is 4.71. The minimum Gasteiger partial charge on any atom is -0.480 e. The summed E-state index contributed by atoms with van der Waals surface area (Å²) in [6, 6.07) is -0.984. The van der Waals surface area contributed by atoms with Crippen molar-refractivity contribution in [1.82, 2.24) is 5.32 Å². The van der Waals surface area contributed by atoms with Gasteiger partial charge in [-0.1, -0.05) is 10.8 Å². The van der Waals surface area contributed by atoms with E-state index in [1.165, 1.54) is 28.5 Å². The number of nitrogens with zero attached hydrogens (tertiary/aromatic N) is 1. The van der Waals surface area contributed by atoms with Crippen LogP contribution >= 0.6 is 21.6 Å². The Kier molecular flexibility index (Phi) is 6.40. The third-order valence-electron chi connectivity index (χ3n) is 1.85. The van der Waals surface area contributed by atoms with Crippen LogP contribution in [0.1, 0.15) is 20.8 Å². The molecule has 0 saturated carbocycles. The molecular weight excluding hydrogens is 262 g/mol. The van der Waals surface area contributed by atoms with Crippen LogP contribution in [-0.2, 0) is 9.59 Å². The quantitative estimate of drug-likeness (QED) is 0.388. The summed E-state index contributed by atoms with van der Waals surface area (Å²) in [5.74, 6) is -1.46. The van der Waals surface area contributed by atoms with E-state index in [2.05, 4.69) is 10.3 Å². The van der Waals surface area contributed by atoms with Gasteiger partial charge in [-0.3, -0.25) is 9.79 Å². The molecule has 0 aromatic heterocycles. The number of aliphatic imine (C=N–C) groups is 1. The summed E-state index contributed by atoms with van der Waals surface area (Å²) in [4.78, 5) is 25.8. The molecule has 0 aromatic rings. The van der Waals surface area contributed by atoms with Gasteiger partial charge in [0, 0.05) is 14.0 Å². The van der Waals surface area contributed by atoms with Gasteiger partial charge in [-0.15, -0.1) is 0 Å². The van der Waals surface area contributed by atoms with E-state index in [0.29, 0.717) is 5.17 Å². The van der Waals surface area contributed by atoms with Crippen LogP contribution in [0.5, 0.6) is 0 Å². The summed E-state index contributed by atoms with van der Waals surface area (Å²) in [6.07, 6.45) is 0. The van der Waals surface area contributed by atoms with E-state index in [1.807, 2.05) is 0 Å². The van der Waals surface area contributed by atoms with Crippen LogP contribution in [-0.4, -0.2) is 40.0 Å². The van der Waals surface area contributed by atoms with Crippen LogP contribution in [0, 0.1) is 0 Å². The third kappa shape index (κ3) is 5.83. The lowest BCUT2D eigenvalue weighted by molar-refractivity contribution is -0.142. The molecule has 1 atom stereocenters. The number of hydrogen-bond acceptors (Lipinski definition) is 5. The lowest BCUT2D eigenvalue weighted by Gasteiger charge is -2.30. The van der Waals surface area contributed by atoms with E-state index in [9.17, 15) is 9.59 Å². The largest absolute Gasteiger partial charge is 0.480 e. The number of hydrogen-bond donors (Lipinski definition) is 3. The average molecular weight is 279 g/mol. The van der Waals surface area contributed by atoms with Crippen molar-refractivity contribution in [2.24, 2.45) is 10.7 Å². The molecule has 1 amide bonds. The van der Waals surface area contributed by atoms with Gasteiger partial charge in [-0.25, -0.2) is 4.79 Å². The summed E-state index contributed by atoms with van der Waals surface area (Å²) in [7, 11) is 4.00. The number of aliphatic carboxylic acids is 1. The van der Waals surface area contributed by atoms with Gasteiger partial charge in [0.05, 0.1) is 4.75 Å². The maximum atomic E-state index is 11.1. The second-order valence-electron chi connectivity index (χ2n) is 3.80. The smallest absolute Gasteiger partial charge is 0.327 e. The number of rotatable bonds is 5. The van der Waals surface area contributed by atoms with Gasteiger partial charge in [0.2, 0.25) is 5.91 Å². The highest BCUT2D eigenvalue weighted by atomic mass is 33.1. The normalized spacial score (nSPS) is 14.2. The van der Waals surface area contributed by atoms with Gasteiger partial charge in [0.25, 0.3) is 0 Å². The molecule has 17 heavy (non-hydrogen) atoms. The first-order chi connectivity index (χ1) is 7.70. The molecule has 6 nitrogen and oxygen atoms in total. The van der Waals surface area contributed by atoms with Gasteiger partial charge in [-0.05, 0) is 24.6 Å². The number of nitrogens with one attached hydrogen (secondary N) is 1. The maximum Gasteiger partial charge on any atom is 0.327 e. The Hall–Kier alpha value is -0.890. The first-order valence-electron chi connectivity index (χ1n) is 4.78. The summed E-state index contributed by atoms with van der Waals surface area (Å²) >= 11 is 0. The van der Waals surface area contributed by atoms with Crippen LogP contribution in [0.25, 0.3) is 0 Å². The minimum atomic E-state index is -1.08. The van der Waals surface area contributed by atoms with Gasteiger partial charge in [0.1, 0.15) is 6.04 Å². The monoisotopic (exact) mass is 279 g/mol. The van der Waals surface area contributed by atoms with Crippen molar-refractivity contribution in [2.45, 2.75) is 31.6 Å². The predicted molar refractivity (Wildman–Crippen MR) is 72.0 cm³/mol. The number of nitrogens with two attached hydrogens (primary N) is 1. The minimum absolute atomic E-state index is 0.357. The van der Waals surface area contributed by atoms with Crippen molar-refractivity contribution >= 4 is 38.6 Å². The Bertz CT molecular complexity index is 331. The number of carbonyl (C=O) groups is 2. The zero-order valence-corrected chi connectivity index (χ0v) is 11.8. The van der Waals surface area contributed by atoms with Crippen LogP contribution in [0.3, 0.4) is 0 Å². The van der Waals surface area contributed by atoms with Crippen LogP contribution in [0.15, 0.2) is 4.99 Å². The molecule has 98 valence electrons. The first-order valence-corrected chi connectivity index (χ1v) is 6.93. The molecule has 8 heteroatoms. The van der Waals surface area contributed by atoms with E-state index < -0.39 is 16.8 Å². The number of amides is 1. The zero-order chi connectivity index (χ0) is 13.6. The second kappa shape index (κ2) is 6.75. The topological polar surface area (TPSA) is 105 Å². The van der Waals surface area contributed by atoms with Gasteiger partial charge in [-0.2, -0.15) is 0 Å². The number of carboxylic acids is 1. The highest BCUT2D eigenvalue weighted by Gasteiger charge is 2.37. The van der Waals surface area contributed by atoms with Crippen molar-refractivity contribution in [3.05, 3.63) is 0 Å². The van der Waals surface area contributed by atoms with Crippen molar-refractivity contribution in [1.29, 1.82) is 0 Å². The van der Waals surface area contributed by atoms with Gasteiger partial charge >= 0.3 is 5.97 Å². The zero-order valence-electron chi connectivity index (χ0n) is 10.2. The molecule has 0 aliphatic rings. The summed E-state index contributed by atoms with van der Waals surface area (Å²) < 4.78 is -0.711. The average Bonchev–Trinajstić information content (AvgIpc) is 2.21. The Morgan fingerprint density at radius 1 is 1.47 bits per heavy atom. The molecule has 0 heterocycles. The highest BCUT2D eigenvalue weighted by molar-refractivity contribution is 8.82. The summed E-state index contributed by atoms with van der Waals surface area (Å²) in [6.45, 7) is 4.73. The molecule has 0 aromatic carbocycles. The molecular formula is C9H17N3O3S2. The van der Waals surface area contributed by atoms with E-state index in [1.54, 1.807) is 20.9 Å². The summed E-state index contributed by atoms with van der Waals surface area (Å²) in [5, 5.41) is 11.8. The fraction of sp³-hybridized carbons (Fsp3) is 0.667. The molecule has 0 aliphatic carbocycles. The second-order valence-corrected chi connectivity index (χ2v) is 6.61. The maximum absolute atomic E-state index is 11.1. The Morgan fingerprint density at radius 2 is 2.00 bits per heavy atom.